The molecule has 120 valence electrons. The third-order valence-electron chi connectivity index (χ3n) is 4.30. The molecule has 0 saturated carbocycles. The lowest BCUT2D eigenvalue weighted by molar-refractivity contribution is -0.384. The van der Waals surface area contributed by atoms with Gasteiger partial charge in [-0.3, -0.25) is 14.9 Å². The number of carbonyl (C=O) groups excluding carboxylic acids is 1. The maximum absolute atomic E-state index is 12.4. The predicted octanol–water partition coefficient (Wildman–Crippen LogP) is 3.77. The second-order valence-corrected chi connectivity index (χ2v) is 6.00. The molecule has 6 nitrogen and oxygen atoms in total. The van der Waals surface area contributed by atoms with Crippen LogP contribution in [0, 0.1) is 10.1 Å². The van der Waals surface area contributed by atoms with Crippen molar-refractivity contribution in [1.82, 2.24) is 4.98 Å². The number of Topliss-reactive ketones (excluding diaryl/α,β-unsaturated/α-hetero) is 1. The minimum Gasteiger partial charge on any atom is -0.361 e. The van der Waals surface area contributed by atoms with Crippen molar-refractivity contribution in [2.24, 2.45) is 0 Å². The molecule has 0 spiro atoms. The van der Waals surface area contributed by atoms with E-state index in [0.29, 0.717) is 5.69 Å². The Morgan fingerprint density at radius 2 is 1.83 bits per heavy atom. The molecule has 4 rings (SSSR count). The Balaban J connectivity index is 1.84. The van der Waals surface area contributed by atoms with E-state index in [1.54, 1.807) is 29.3 Å². The molecule has 2 aromatic carbocycles. The monoisotopic (exact) mass is 341 g/mol. The number of carbonyl (C=O) groups is 1. The molecule has 1 aliphatic rings. The Kier molecular flexibility index (Phi) is 3.28. The predicted molar refractivity (Wildman–Crippen MR) is 91.3 cm³/mol. The number of hydrogen-bond acceptors (Lipinski definition) is 4. The molecule has 1 aromatic heterocycles. The van der Waals surface area contributed by atoms with Gasteiger partial charge in [0.1, 0.15) is 11.7 Å². The molecule has 3 aromatic rings. The van der Waals surface area contributed by atoms with Gasteiger partial charge in [0.05, 0.1) is 4.92 Å². The summed E-state index contributed by atoms with van der Waals surface area (Å²) < 4.78 is 0. The highest BCUT2D eigenvalue weighted by molar-refractivity contribution is 6.37. The second-order valence-electron chi connectivity index (χ2n) is 5.58. The summed E-state index contributed by atoms with van der Waals surface area (Å²) in [6, 6.07) is 13.3. The van der Waals surface area contributed by atoms with E-state index in [1.165, 1.54) is 6.07 Å². The number of nitro groups is 1. The number of nitrogens with one attached hydrogen (secondary N) is 1. The third-order valence-corrected chi connectivity index (χ3v) is 4.72. The van der Waals surface area contributed by atoms with Crippen molar-refractivity contribution in [2.75, 3.05) is 4.90 Å². The van der Waals surface area contributed by atoms with Crippen molar-refractivity contribution in [3.63, 3.8) is 0 Å². The Hall–Kier alpha value is -2.86. The minimum absolute atomic E-state index is 0.0690. The van der Waals surface area contributed by atoms with Crippen molar-refractivity contribution in [3.8, 4) is 0 Å². The lowest BCUT2D eigenvalue weighted by Gasteiger charge is -2.44. The number of nitro benzene ring substituents is 1. The number of nitrogens with zero attached hydrogens (tertiary/aromatic N) is 2. The van der Waals surface area contributed by atoms with Crippen LogP contribution in [0.1, 0.15) is 11.6 Å². The largest absolute Gasteiger partial charge is 0.361 e. The van der Waals surface area contributed by atoms with E-state index in [2.05, 4.69) is 4.98 Å². The van der Waals surface area contributed by atoms with Crippen LogP contribution in [0.5, 0.6) is 0 Å². The molecule has 1 saturated heterocycles. The third kappa shape index (κ3) is 2.00. The fraction of sp³-hybridized carbons (Fsp3) is 0.118. The first-order chi connectivity index (χ1) is 11.6. The molecule has 1 aliphatic heterocycles. The number of alkyl halides is 1. The molecule has 0 amide bonds. The van der Waals surface area contributed by atoms with Gasteiger partial charge >= 0.3 is 0 Å². The quantitative estimate of drug-likeness (QED) is 0.340. The smallest absolute Gasteiger partial charge is 0.292 e. The zero-order chi connectivity index (χ0) is 16.8. The topological polar surface area (TPSA) is 79.2 Å². The zero-order valence-corrected chi connectivity index (χ0v) is 13.1. The van der Waals surface area contributed by atoms with Crippen molar-refractivity contribution in [1.29, 1.82) is 0 Å². The molecule has 0 bridgehead atoms. The van der Waals surface area contributed by atoms with E-state index in [0.717, 1.165) is 16.5 Å². The lowest BCUT2D eigenvalue weighted by atomic mass is 9.91. The summed E-state index contributed by atoms with van der Waals surface area (Å²) in [5.74, 6) is -0.167. The molecule has 1 fully saturated rings. The molecule has 7 heteroatoms. The summed E-state index contributed by atoms with van der Waals surface area (Å²) in [5, 5.41) is 12.2. The van der Waals surface area contributed by atoms with Gasteiger partial charge in [0.2, 0.25) is 0 Å². The van der Waals surface area contributed by atoms with Gasteiger partial charge in [-0.1, -0.05) is 41.9 Å². The molecule has 0 aliphatic carbocycles. The number of para-hydroxylation sites is 3. The van der Waals surface area contributed by atoms with Crippen molar-refractivity contribution in [3.05, 3.63) is 70.4 Å². The number of anilines is 1. The Morgan fingerprint density at radius 1 is 1.12 bits per heavy atom. The fourth-order valence-corrected chi connectivity index (χ4v) is 3.51. The number of aromatic amines is 1. The number of aromatic nitrogens is 1. The van der Waals surface area contributed by atoms with E-state index >= 15 is 0 Å². The zero-order valence-electron chi connectivity index (χ0n) is 12.3. The Bertz CT molecular complexity index is 968. The van der Waals surface area contributed by atoms with E-state index in [-0.39, 0.29) is 11.5 Å². The maximum Gasteiger partial charge on any atom is 0.292 e. The SMILES string of the molecule is O=C1[C@H](c2c[nH]c3ccccc23)N(c2ccccc2[N+](=O)[O-])[C@H]1Cl. The van der Waals surface area contributed by atoms with Crippen LogP contribution >= 0.6 is 11.6 Å². The van der Waals surface area contributed by atoms with E-state index in [1.807, 2.05) is 24.3 Å². The molecule has 2 atom stereocenters. The van der Waals surface area contributed by atoms with Crippen LogP contribution in [0.3, 0.4) is 0 Å². The second kappa shape index (κ2) is 5.35. The van der Waals surface area contributed by atoms with E-state index in [4.69, 9.17) is 11.6 Å². The van der Waals surface area contributed by atoms with Crippen LogP contribution in [0.4, 0.5) is 11.4 Å². The summed E-state index contributed by atoms with van der Waals surface area (Å²) in [7, 11) is 0. The first-order valence-electron chi connectivity index (χ1n) is 7.35. The average Bonchev–Trinajstić information content (AvgIpc) is 3.02. The van der Waals surface area contributed by atoms with Crippen LogP contribution in [-0.4, -0.2) is 21.2 Å². The lowest BCUT2D eigenvalue weighted by Crippen LogP contribution is -2.56. The van der Waals surface area contributed by atoms with Gasteiger partial charge in [0.25, 0.3) is 5.69 Å². The number of halogens is 1. The number of fused-ring (bicyclic) bond motifs is 1. The molecular weight excluding hydrogens is 330 g/mol. The molecular formula is C17H12ClN3O3. The first kappa shape index (κ1) is 14.7. The summed E-state index contributed by atoms with van der Waals surface area (Å²) in [6.07, 6.45) is 1.76. The van der Waals surface area contributed by atoms with E-state index in [9.17, 15) is 14.9 Å². The van der Waals surface area contributed by atoms with Crippen molar-refractivity contribution >= 4 is 39.7 Å². The summed E-state index contributed by atoms with van der Waals surface area (Å²) in [5.41, 5.74) is 1.04. The minimum atomic E-state index is -0.912. The fourth-order valence-electron chi connectivity index (χ4n) is 3.17. The average molecular weight is 342 g/mol. The van der Waals surface area contributed by atoms with Gasteiger partial charge in [-0.05, 0) is 12.1 Å². The summed E-state index contributed by atoms with van der Waals surface area (Å²) in [6.45, 7) is 0. The van der Waals surface area contributed by atoms with Crippen LogP contribution in [0.25, 0.3) is 10.9 Å². The highest BCUT2D eigenvalue weighted by Crippen LogP contribution is 2.46. The van der Waals surface area contributed by atoms with E-state index < -0.39 is 16.5 Å². The van der Waals surface area contributed by atoms with Gasteiger partial charge in [-0.25, -0.2) is 0 Å². The summed E-state index contributed by atoms with van der Waals surface area (Å²) in [4.78, 5) is 28.0. The van der Waals surface area contributed by atoms with Gasteiger partial charge in [0.15, 0.2) is 11.3 Å². The molecule has 2 heterocycles. The van der Waals surface area contributed by atoms with Crippen LogP contribution in [0.15, 0.2) is 54.7 Å². The highest BCUT2D eigenvalue weighted by Gasteiger charge is 2.50. The number of benzene rings is 2. The van der Waals surface area contributed by atoms with Crippen molar-refractivity contribution < 1.29 is 9.72 Å². The summed E-state index contributed by atoms with van der Waals surface area (Å²) >= 11 is 6.18. The number of H-pyrrole nitrogens is 1. The standard InChI is InChI=1S/C17H12ClN3O3/c18-17-16(22)15(11-9-19-12-6-2-1-5-10(11)12)20(17)13-7-3-4-8-14(13)21(23)24/h1-9,15,17,19H/t15-,17+/m0/s1. The highest BCUT2D eigenvalue weighted by atomic mass is 35.5. The number of ketones is 1. The molecule has 24 heavy (non-hydrogen) atoms. The molecule has 0 radical (unpaired) electrons. The Labute approximate surface area is 141 Å². The van der Waals surface area contributed by atoms with Gasteiger partial charge in [0, 0.05) is 28.7 Å². The molecule has 1 N–H and O–H groups in total. The maximum atomic E-state index is 12.4. The van der Waals surface area contributed by atoms with Gasteiger partial charge < -0.3 is 9.88 Å². The van der Waals surface area contributed by atoms with Crippen LogP contribution in [-0.2, 0) is 4.79 Å². The number of hydrogen-bond donors (Lipinski definition) is 1. The Morgan fingerprint density at radius 3 is 2.62 bits per heavy atom. The van der Waals surface area contributed by atoms with Crippen molar-refractivity contribution in [2.45, 2.75) is 11.5 Å². The van der Waals surface area contributed by atoms with Crippen LogP contribution in [0.2, 0.25) is 0 Å². The number of rotatable bonds is 3. The van der Waals surface area contributed by atoms with Gasteiger partial charge in [-0.15, -0.1) is 0 Å². The van der Waals surface area contributed by atoms with Crippen LogP contribution < -0.4 is 4.90 Å². The normalized spacial score (nSPS) is 20.2. The molecule has 0 unspecified atom stereocenters. The first-order valence-corrected chi connectivity index (χ1v) is 7.79. The van der Waals surface area contributed by atoms with Gasteiger partial charge in [-0.2, -0.15) is 0 Å².